The smallest absolute Gasteiger partial charge is 0.475 e. The maximum atomic E-state index is 12.6. The Kier molecular flexibility index (Phi) is 7.27. The molecule has 1 saturated heterocycles. The predicted octanol–water partition coefficient (Wildman–Crippen LogP) is 0.886. The third kappa shape index (κ3) is 5.80. The average Bonchev–Trinajstić information content (AvgIpc) is 2.72. The first-order valence-electron chi connectivity index (χ1n) is 9.77. The molecule has 8 heteroatoms. The number of para-hydroxylation sites is 1. The van der Waals surface area contributed by atoms with Crippen molar-refractivity contribution in [3.8, 4) is 5.75 Å². The van der Waals surface area contributed by atoms with Gasteiger partial charge in [-0.05, 0) is 42.2 Å². The van der Waals surface area contributed by atoms with E-state index in [4.69, 9.17) is 4.74 Å². The summed E-state index contributed by atoms with van der Waals surface area (Å²) in [5.74, 6) is -1.24. The molecule has 1 heterocycles. The summed E-state index contributed by atoms with van der Waals surface area (Å²) >= 11 is 0. The van der Waals surface area contributed by atoms with Gasteiger partial charge in [0.25, 0.3) is 5.91 Å². The molecule has 0 aromatic heterocycles. The maximum absolute atomic E-state index is 12.6. The topological polar surface area (TPSA) is 102 Å². The van der Waals surface area contributed by atoms with Crippen LogP contribution < -0.4 is 5.32 Å². The maximum Gasteiger partial charge on any atom is 0.475 e. The lowest BCUT2D eigenvalue weighted by Crippen LogP contribution is -2.47. The molecule has 2 aromatic rings. The lowest BCUT2D eigenvalue weighted by atomic mass is 9.75. The van der Waals surface area contributed by atoms with Crippen molar-refractivity contribution in [2.75, 3.05) is 26.3 Å². The molecule has 1 atom stereocenters. The fourth-order valence-corrected chi connectivity index (χ4v) is 3.38. The number of phenols is 1. The summed E-state index contributed by atoms with van der Waals surface area (Å²) in [5, 5.41) is 32.2. The number of nitrogens with one attached hydrogen (secondary N) is 1. The lowest BCUT2D eigenvalue weighted by Gasteiger charge is -2.26. The summed E-state index contributed by atoms with van der Waals surface area (Å²) < 4.78 is 5.35. The Hall–Kier alpha value is -2.39. The zero-order valence-electron chi connectivity index (χ0n) is 16.5. The highest BCUT2D eigenvalue weighted by molar-refractivity contribution is 6.43. The second kappa shape index (κ2) is 9.89. The largest absolute Gasteiger partial charge is 0.507 e. The van der Waals surface area contributed by atoms with Crippen molar-refractivity contribution in [3.05, 3.63) is 64.7 Å². The Morgan fingerprint density at radius 1 is 1.17 bits per heavy atom. The van der Waals surface area contributed by atoms with Gasteiger partial charge in [0.2, 0.25) is 0 Å². The molecule has 0 bridgehead atoms. The Morgan fingerprint density at radius 2 is 1.86 bits per heavy atom. The number of aryl methyl sites for hydroxylation is 1. The van der Waals surface area contributed by atoms with Crippen molar-refractivity contribution in [1.82, 2.24) is 10.2 Å². The van der Waals surface area contributed by atoms with Crippen LogP contribution in [0.4, 0.5) is 0 Å². The van der Waals surface area contributed by atoms with Gasteiger partial charge in [-0.15, -0.1) is 0 Å². The van der Waals surface area contributed by atoms with E-state index >= 15 is 0 Å². The van der Waals surface area contributed by atoms with Crippen LogP contribution in [0.3, 0.4) is 0 Å². The van der Waals surface area contributed by atoms with Crippen molar-refractivity contribution >= 4 is 13.0 Å². The van der Waals surface area contributed by atoms with E-state index in [1.54, 1.807) is 37.3 Å². The molecule has 4 N–H and O–H groups in total. The zero-order valence-corrected chi connectivity index (χ0v) is 16.5. The number of ether oxygens (including phenoxy) is 1. The molecule has 0 aliphatic carbocycles. The average molecular weight is 398 g/mol. The molecular weight excluding hydrogens is 371 g/mol. The molecule has 1 amide bonds. The minimum atomic E-state index is -1.75. The van der Waals surface area contributed by atoms with Crippen LogP contribution in [-0.2, 0) is 17.7 Å². The first kappa shape index (κ1) is 21.3. The van der Waals surface area contributed by atoms with Gasteiger partial charge < -0.3 is 25.2 Å². The van der Waals surface area contributed by atoms with E-state index in [9.17, 15) is 19.9 Å². The summed E-state index contributed by atoms with van der Waals surface area (Å²) in [6.45, 7) is 5.83. The molecule has 1 fully saturated rings. The van der Waals surface area contributed by atoms with Crippen molar-refractivity contribution < 1.29 is 24.7 Å². The number of carbonyl (C=O) groups excluding carboxylic acids is 1. The summed E-state index contributed by atoms with van der Waals surface area (Å²) in [5.41, 5.74) is 2.78. The fraction of sp³-hybridized carbons (Fsp3) is 0.381. The number of hydrogen-bond acceptors (Lipinski definition) is 6. The van der Waals surface area contributed by atoms with E-state index in [2.05, 4.69) is 10.2 Å². The van der Waals surface area contributed by atoms with Crippen LogP contribution in [0.2, 0.25) is 0 Å². The number of amides is 1. The van der Waals surface area contributed by atoms with Crippen LogP contribution >= 0.6 is 0 Å². The Balaban J connectivity index is 1.62. The first-order valence-corrected chi connectivity index (χ1v) is 9.77. The van der Waals surface area contributed by atoms with Crippen molar-refractivity contribution in [2.45, 2.75) is 25.8 Å². The number of phenolic OH excluding ortho intramolecular Hbond substituents is 1. The van der Waals surface area contributed by atoms with E-state index in [-0.39, 0.29) is 12.2 Å². The molecular formula is C21H27BN2O5. The summed E-state index contributed by atoms with van der Waals surface area (Å²) in [6.07, 6.45) is 0.103. The van der Waals surface area contributed by atoms with Gasteiger partial charge in [0.05, 0.1) is 19.2 Å². The molecule has 0 unspecified atom stereocenters. The molecule has 2 aromatic carbocycles. The van der Waals surface area contributed by atoms with E-state index in [1.807, 2.05) is 12.1 Å². The minimum Gasteiger partial charge on any atom is -0.507 e. The highest BCUT2D eigenvalue weighted by Gasteiger charge is 2.27. The standard InChI is InChI=1S/C21H27BN2O5/c1-15-3-2-4-18(20(15)25)13-19(22(27)28)23-21(26)17-7-5-16(6-8-17)14-24-9-11-29-12-10-24/h2-8,19,25,27-28H,9-14H2,1H3,(H,23,26)/t19-/m0/s1. The molecule has 3 rings (SSSR count). The van der Waals surface area contributed by atoms with Crippen molar-refractivity contribution in [2.24, 2.45) is 0 Å². The monoisotopic (exact) mass is 398 g/mol. The highest BCUT2D eigenvalue weighted by Crippen LogP contribution is 2.23. The van der Waals surface area contributed by atoms with Crippen LogP contribution in [-0.4, -0.2) is 65.3 Å². The third-order valence-corrected chi connectivity index (χ3v) is 5.16. The number of aromatic hydroxyl groups is 1. The SMILES string of the molecule is Cc1cccc(C[C@H](NC(=O)c2ccc(CN3CCOCC3)cc2)B(O)O)c1O. The van der Waals surface area contributed by atoms with Gasteiger partial charge in [-0.1, -0.05) is 30.3 Å². The van der Waals surface area contributed by atoms with Gasteiger partial charge in [-0.3, -0.25) is 9.69 Å². The Labute approximate surface area is 171 Å². The number of carbonyl (C=O) groups is 1. The van der Waals surface area contributed by atoms with Gasteiger partial charge in [0, 0.05) is 25.2 Å². The van der Waals surface area contributed by atoms with Crippen LogP contribution in [0, 0.1) is 6.92 Å². The van der Waals surface area contributed by atoms with Gasteiger partial charge in [0.1, 0.15) is 5.75 Å². The van der Waals surface area contributed by atoms with Gasteiger partial charge in [-0.25, -0.2) is 0 Å². The number of hydrogen-bond donors (Lipinski definition) is 4. The molecule has 0 radical (unpaired) electrons. The number of rotatable bonds is 7. The van der Waals surface area contributed by atoms with Crippen LogP contribution in [0.1, 0.15) is 27.0 Å². The third-order valence-electron chi connectivity index (χ3n) is 5.16. The second-order valence-electron chi connectivity index (χ2n) is 7.37. The molecule has 1 aliphatic heterocycles. The normalized spacial score (nSPS) is 15.7. The molecule has 29 heavy (non-hydrogen) atoms. The van der Waals surface area contributed by atoms with E-state index in [0.717, 1.165) is 38.4 Å². The van der Waals surface area contributed by atoms with Crippen molar-refractivity contribution in [3.63, 3.8) is 0 Å². The van der Waals surface area contributed by atoms with Crippen LogP contribution in [0.15, 0.2) is 42.5 Å². The van der Waals surface area contributed by atoms with Crippen molar-refractivity contribution in [1.29, 1.82) is 0 Å². The fourth-order valence-electron chi connectivity index (χ4n) is 3.38. The van der Waals surface area contributed by atoms with Gasteiger partial charge >= 0.3 is 7.12 Å². The molecule has 0 saturated carbocycles. The second-order valence-corrected chi connectivity index (χ2v) is 7.37. The molecule has 154 valence electrons. The molecule has 1 aliphatic rings. The number of benzene rings is 2. The first-order chi connectivity index (χ1) is 13.9. The lowest BCUT2D eigenvalue weighted by molar-refractivity contribution is 0.0342. The van der Waals surface area contributed by atoms with Crippen LogP contribution in [0.25, 0.3) is 0 Å². The summed E-state index contributed by atoms with van der Waals surface area (Å²) in [4.78, 5) is 14.9. The van der Waals surface area contributed by atoms with E-state index < -0.39 is 19.0 Å². The Morgan fingerprint density at radius 3 is 2.52 bits per heavy atom. The zero-order chi connectivity index (χ0) is 20.8. The quantitative estimate of drug-likeness (QED) is 0.517. The van der Waals surface area contributed by atoms with Gasteiger partial charge in [0.15, 0.2) is 0 Å². The summed E-state index contributed by atoms with van der Waals surface area (Å²) in [7, 11) is -1.75. The van der Waals surface area contributed by atoms with Crippen LogP contribution in [0.5, 0.6) is 5.75 Å². The summed E-state index contributed by atoms with van der Waals surface area (Å²) in [6, 6.07) is 12.5. The highest BCUT2D eigenvalue weighted by atomic mass is 16.5. The molecule has 7 nitrogen and oxygen atoms in total. The predicted molar refractivity (Wildman–Crippen MR) is 111 cm³/mol. The Bertz CT molecular complexity index is 822. The van der Waals surface area contributed by atoms with Gasteiger partial charge in [-0.2, -0.15) is 0 Å². The van der Waals surface area contributed by atoms with E-state index in [0.29, 0.717) is 16.7 Å². The number of morpholine rings is 1. The molecule has 0 spiro atoms. The van der Waals surface area contributed by atoms with E-state index in [1.165, 1.54) is 0 Å². The minimum absolute atomic E-state index is 0.0971. The number of nitrogens with zero attached hydrogens (tertiary/aromatic N) is 1.